The first-order chi connectivity index (χ1) is 11.1. The summed E-state index contributed by atoms with van der Waals surface area (Å²) in [6.45, 7) is 1.14. The maximum atomic E-state index is 12.3. The van der Waals surface area contributed by atoms with Gasteiger partial charge in [-0.3, -0.25) is 9.69 Å². The Bertz CT molecular complexity index is 663. The van der Waals surface area contributed by atoms with Crippen LogP contribution in [0.2, 0.25) is 0 Å². The monoisotopic (exact) mass is 396 g/mol. The number of carbonyl (C=O) groups is 1. The molecule has 0 atom stereocenters. The molecule has 0 radical (unpaired) electrons. The highest BCUT2D eigenvalue weighted by atomic mass is 79.9. The van der Waals surface area contributed by atoms with Crippen molar-refractivity contribution in [2.75, 3.05) is 18.9 Å². The van der Waals surface area contributed by atoms with Crippen molar-refractivity contribution in [1.29, 1.82) is 0 Å². The molecule has 1 aliphatic carbocycles. The van der Waals surface area contributed by atoms with Gasteiger partial charge in [0.25, 0.3) is 0 Å². The van der Waals surface area contributed by atoms with E-state index < -0.39 is 0 Å². The van der Waals surface area contributed by atoms with Gasteiger partial charge >= 0.3 is 0 Å². The van der Waals surface area contributed by atoms with Gasteiger partial charge in [-0.15, -0.1) is 11.3 Å². The molecule has 124 valence electrons. The summed E-state index contributed by atoms with van der Waals surface area (Å²) in [5, 5.41) is 7.39. The smallest absolute Gasteiger partial charge is 0.239 e. The van der Waals surface area contributed by atoms with Crippen molar-refractivity contribution < 1.29 is 4.79 Å². The topological polar surface area (TPSA) is 50.2 Å². The number of nitrogens with zero attached hydrogens (tertiary/aromatic N) is 3. The molecule has 1 saturated carbocycles. The molecule has 5 nitrogen and oxygen atoms in total. The minimum absolute atomic E-state index is 0.00266. The molecule has 2 aromatic rings. The fraction of sp³-hybridized carbons (Fsp3) is 0.500. The lowest BCUT2D eigenvalue weighted by Gasteiger charge is -2.17. The number of carbonyl (C=O) groups excluding carboxylic acids is 1. The Kier molecular flexibility index (Phi) is 5.50. The van der Waals surface area contributed by atoms with Crippen molar-refractivity contribution in [3.63, 3.8) is 0 Å². The van der Waals surface area contributed by atoms with Crippen molar-refractivity contribution in [2.45, 2.75) is 38.3 Å². The average molecular weight is 397 g/mol. The highest BCUT2D eigenvalue weighted by molar-refractivity contribution is 9.11. The predicted octanol–water partition coefficient (Wildman–Crippen LogP) is 3.89. The maximum Gasteiger partial charge on any atom is 0.239 e. The van der Waals surface area contributed by atoms with Gasteiger partial charge in [-0.2, -0.15) is 5.10 Å². The number of hydrogen-bond acceptors (Lipinski definition) is 4. The number of rotatable bonds is 6. The van der Waals surface area contributed by atoms with Crippen LogP contribution in [0, 0.1) is 0 Å². The van der Waals surface area contributed by atoms with Crippen LogP contribution in [0.25, 0.3) is 0 Å². The average Bonchev–Trinajstić information content (AvgIpc) is 3.20. The van der Waals surface area contributed by atoms with Gasteiger partial charge in [-0.05, 0) is 48.0 Å². The SMILES string of the molecule is CN(CC(=O)Nc1ccnn1C1CCCC1)Cc1ccc(Br)s1. The molecular weight excluding hydrogens is 376 g/mol. The van der Waals surface area contributed by atoms with E-state index in [2.05, 4.69) is 32.4 Å². The van der Waals surface area contributed by atoms with Crippen LogP contribution in [-0.2, 0) is 11.3 Å². The number of halogens is 1. The summed E-state index contributed by atoms with van der Waals surface area (Å²) in [5.41, 5.74) is 0. The molecule has 23 heavy (non-hydrogen) atoms. The highest BCUT2D eigenvalue weighted by Gasteiger charge is 2.20. The fourth-order valence-corrected chi connectivity index (χ4v) is 4.60. The van der Waals surface area contributed by atoms with E-state index in [0.29, 0.717) is 12.6 Å². The molecule has 0 spiro atoms. The predicted molar refractivity (Wildman–Crippen MR) is 96.7 cm³/mol. The summed E-state index contributed by atoms with van der Waals surface area (Å²) in [4.78, 5) is 15.5. The Labute approximate surface area is 148 Å². The molecule has 0 bridgehead atoms. The van der Waals surface area contributed by atoms with Crippen molar-refractivity contribution in [3.05, 3.63) is 33.1 Å². The highest BCUT2D eigenvalue weighted by Crippen LogP contribution is 2.31. The zero-order valence-corrected chi connectivity index (χ0v) is 15.6. The third-order valence-electron chi connectivity index (χ3n) is 4.08. The first-order valence-corrected chi connectivity index (χ1v) is 9.49. The molecule has 1 N–H and O–H groups in total. The molecule has 7 heteroatoms. The Balaban J connectivity index is 1.54. The Morgan fingerprint density at radius 2 is 2.22 bits per heavy atom. The number of anilines is 1. The summed E-state index contributed by atoms with van der Waals surface area (Å²) in [5.74, 6) is 0.817. The van der Waals surface area contributed by atoms with Crippen LogP contribution in [-0.4, -0.2) is 34.2 Å². The van der Waals surface area contributed by atoms with Crippen LogP contribution >= 0.6 is 27.3 Å². The Morgan fingerprint density at radius 3 is 2.91 bits per heavy atom. The molecule has 3 rings (SSSR count). The molecule has 2 heterocycles. The van der Waals surface area contributed by atoms with Gasteiger partial charge in [0.1, 0.15) is 5.82 Å². The first-order valence-electron chi connectivity index (χ1n) is 7.88. The van der Waals surface area contributed by atoms with E-state index in [1.807, 2.05) is 28.8 Å². The zero-order chi connectivity index (χ0) is 16.2. The van der Waals surface area contributed by atoms with E-state index in [-0.39, 0.29) is 5.91 Å². The van der Waals surface area contributed by atoms with E-state index in [1.165, 1.54) is 17.7 Å². The number of thiophene rings is 1. The molecule has 1 fully saturated rings. The van der Waals surface area contributed by atoms with Gasteiger partial charge in [0.05, 0.1) is 22.6 Å². The second-order valence-electron chi connectivity index (χ2n) is 6.03. The normalized spacial score (nSPS) is 15.4. The van der Waals surface area contributed by atoms with Gasteiger partial charge in [0.15, 0.2) is 0 Å². The first kappa shape index (κ1) is 16.7. The van der Waals surface area contributed by atoms with Crippen LogP contribution in [0.1, 0.15) is 36.6 Å². The van der Waals surface area contributed by atoms with Crippen molar-refractivity contribution >= 4 is 39.0 Å². The quantitative estimate of drug-likeness (QED) is 0.805. The van der Waals surface area contributed by atoms with Crippen LogP contribution in [0.3, 0.4) is 0 Å². The fourth-order valence-electron chi connectivity index (χ4n) is 3.04. The second-order valence-corrected chi connectivity index (χ2v) is 8.57. The lowest BCUT2D eigenvalue weighted by molar-refractivity contribution is -0.117. The summed E-state index contributed by atoms with van der Waals surface area (Å²) < 4.78 is 3.09. The van der Waals surface area contributed by atoms with Crippen LogP contribution in [0.15, 0.2) is 28.2 Å². The molecule has 1 amide bonds. The zero-order valence-electron chi connectivity index (χ0n) is 13.2. The number of nitrogens with one attached hydrogen (secondary N) is 1. The lowest BCUT2D eigenvalue weighted by Crippen LogP contribution is -2.30. The van der Waals surface area contributed by atoms with E-state index in [4.69, 9.17) is 0 Å². The van der Waals surface area contributed by atoms with Crippen molar-refractivity contribution in [2.24, 2.45) is 0 Å². The second kappa shape index (κ2) is 7.59. The molecule has 0 aromatic carbocycles. The maximum absolute atomic E-state index is 12.3. The molecular formula is C16H21BrN4OS. The number of hydrogen-bond donors (Lipinski definition) is 1. The van der Waals surface area contributed by atoms with Gasteiger partial charge in [-0.1, -0.05) is 12.8 Å². The number of amides is 1. The summed E-state index contributed by atoms with van der Waals surface area (Å²) >= 11 is 5.16. The summed E-state index contributed by atoms with van der Waals surface area (Å²) in [6.07, 6.45) is 6.56. The Hall–Kier alpha value is -1.18. The van der Waals surface area contributed by atoms with Gasteiger partial charge < -0.3 is 5.32 Å². The lowest BCUT2D eigenvalue weighted by atomic mass is 10.2. The summed E-state index contributed by atoms with van der Waals surface area (Å²) in [7, 11) is 1.96. The van der Waals surface area contributed by atoms with Gasteiger partial charge in [0.2, 0.25) is 5.91 Å². The minimum atomic E-state index is 0.00266. The minimum Gasteiger partial charge on any atom is -0.310 e. The standard InChI is InChI=1S/C16H21BrN4OS/c1-20(10-13-6-7-14(17)23-13)11-16(22)19-15-8-9-18-21(15)12-4-2-3-5-12/h6-9,12H,2-5,10-11H2,1H3,(H,19,22). The molecule has 0 unspecified atom stereocenters. The molecule has 0 aliphatic heterocycles. The number of aromatic nitrogens is 2. The van der Waals surface area contributed by atoms with Crippen molar-refractivity contribution in [1.82, 2.24) is 14.7 Å². The molecule has 2 aromatic heterocycles. The van der Waals surface area contributed by atoms with Crippen molar-refractivity contribution in [3.8, 4) is 0 Å². The van der Waals surface area contributed by atoms with Crippen LogP contribution in [0.5, 0.6) is 0 Å². The van der Waals surface area contributed by atoms with E-state index in [0.717, 1.165) is 29.0 Å². The molecule has 1 aliphatic rings. The van der Waals surface area contributed by atoms with Crippen LogP contribution in [0.4, 0.5) is 5.82 Å². The van der Waals surface area contributed by atoms with Crippen LogP contribution < -0.4 is 5.32 Å². The third kappa shape index (κ3) is 4.43. The largest absolute Gasteiger partial charge is 0.310 e. The van der Waals surface area contributed by atoms with E-state index in [9.17, 15) is 4.79 Å². The Morgan fingerprint density at radius 1 is 1.43 bits per heavy atom. The van der Waals surface area contributed by atoms with E-state index in [1.54, 1.807) is 17.5 Å². The molecule has 0 saturated heterocycles. The van der Waals surface area contributed by atoms with Gasteiger partial charge in [-0.25, -0.2) is 4.68 Å². The third-order valence-corrected chi connectivity index (χ3v) is 5.68. The number of likely N-dealkylation sites (N-methyl/N-ethyl adjacent to an activating group) is 1. The van der Waals surface area contributed by atoms with Gasteiger partial charge in [0, 0.05) is 17.5 Å². The van der Waals surface area contributed by atoms with E-state index >= 15 is 0 Å². The summed E-state index contributed by atoms with van der Waals surface area (Å²) in [6, 6.07) is 6.43.